The summed E-state index contributed by atoms with van der Waals surface area (Å²) in [7, 11) is 0. The van der Waals surface area contributed by atoms with E-state index >= 15 is 0 Å². The van der Waals surface area contributed by atoms with Gasteiger partial charge in [-0.2, -0.15) is 0 Å². The number of benzene rings is 2. The number of carboxylic acid groups (broad SMARTS) is 1. The molecular formula is C42H67N3O5. The van der Waals surface area contributed by atoms with Crippen molar-refractivity contribution in [3.8, 4) is 0 Å². The maximum Gasteiger partial charge on any atom is 0.326 e. The van der Waals surface area contributed by atoms with Gasteiger partial charge in [0.05, 0.1) is 0 Å². The topological polar surface area (TPSA) is 125 Å². The zero-order valence-corrected chi connectivity index (χ0v) is 31.7. The van der Waals surface area contributed by atoms with Crippen LogP contribution in [0.15, 0.2) is 42.5 Å². The second-order valence-corrected chi connectivity index (χ2v) is 14.9. The molecule has 0 aliphatic heterocycles. The number of hydrogen-bond acceptors (Lipinski definition) is 4. The van der Waals surface area contributed by atoms with Crippen molar-refractivity contribution in [3.05, 3.63) is 48.0 Å². The van der Waals surface area contributed by atoms with Gasteiger partial charge in [0, 0.05) is 12.8 Å². The normalized spacial score (nSPS) is 13.3. The second kappa shape index (κ2) is 24.7. The predicted octanol–water partition coefficient (Wildman–Crippen LogP) is 8.88. The maximum atomic E-state index is 13.9. The number of rotatable bonds is 27. The van der Waals surface area contributed by atoms with E-state index in [1.165, 1.54) is 77.0 Å². The van der Waals surface area contributed by atoms with E-state index in [1.54, 1.807) is 13.8 Å². The molecule has 8 heteroatoms. The van der Waals surface area contributed by atoms with Gasteiger partial charge in [0.25, 0.3) is 0 Å². The van der Waals surface area contributed by atoms with Crippen LogP contribution in [0.2, 0.25) is 0 Å². The Morgan fingerprint density at radius 2 is 1.14 bits per heavy atom. The Bertz CT molecular complexity index is 1290. The lowest BCUT2D eigenvalue weighted by Gasteiger charge is -2.26. The highest BCUT2D eigenvalue weighted by Gasteiger charge is 2.31. The number of carbonyl (C=O) groups is 4. The van der Waals surface area contributed by atoms with E-state index in [9.17, 15) is 24.3 Å². The number of nitrogens with one attached hydrogen (secondary N) is 3. The Labute approximate surface area is 302 Å². The molecule has 0 heterocycles. The Kier molecular flexibility index (Phi) is 21.1. The molecule has 2 rings (SSSR count). The Morgan fingerprint density at radius 3 is 1.68 bits per heavy atom. The summed E-state index contributed by atoms with van der Waals surface area (Å²) in [6.07, 6.45) is 19.7. The van der Waals surface area contributed by atoms with Crippen LogP contribution in [0.3, 0.4) is 0 Å². The van der Waals surface area contributed by atoms with Gasteiger partial charge in [0.2, 0.25) is 17.7 Å². The minimum Gasteiger partial charge on any atom is -0.480 e. The third-order valence-corrected chi connectivity index (χ3v) is 9.53. The molecule has 280 valence electrons. The van der Waals surface area contributed by atoms with Crippen LogP contribution in [0, 0.1) is 11.8 Å². The molecule has 0 aromatic heterocycles. The average Bonchev–Trinajstić information content (AvgIpc) is 3.07. The standard InChI is InChI=1S/C42H67N3O5/c1-6-7-8-9-10-11-12-13-14-15-16-17-18-19-20-28-38(46)43-37(30-34-26-23-25-33-24-21-22-27-35(33)34)40(47)44-36(29-31(2)3)41(48)45-39(32(4)5)42(49)50/h21-27,31-32,36-37,39H,6-20,28-30H2,1-5H3,(H,43,46)(H,44,47)(H,45,48)(H,49,50). The molecule has 0 saturated carbocycles. The zero-order chi connectivity index (χ0) is 36.7. The lowest BCUT2D eigenvalue weighted by atomic mass is 9.97. The summed E-state index contributed by atoms with van der Waals surface area (Å²) in [5.74, 6) is -2.57. The van der Waals surface area contributed by atoms with Crippen LogP contribution in [0.1, 0.15) is 149 Å². The Balaban J connectivity index is 1.94. The second-order valence-electron chi connectivity index (χ2n) is 14.9. The molecular weight excluding hydrogens is 626 g/mol. The van der Waals surface area contributed by atoms with Gasteiger partial charge < -0.3 is 21.1 Å². The van der Waals surface area contributed by atoms with Gasteiger partial charge in [-0.15, -0.1) is 0 Å². The summed E-state index contributed by atoms with van der Waals surface area (Å²) in [6, 6.07) is 10.9. The van der Waals surface area contributed by atoms with E-state index in [0.717, 1.165) is 35.6 Å². The fraction of sp³-hybridized carbons (Fsp3) is 0.667. The molecule has 4 N–H and O–H groups in total. The third-order valence-electron chi connectivity index (χ3n) is 9.53. The molecule has 8 nitrogen and oxygen atoms in total. The molecule has 2 aromatic rings. The van der Waals surface area contributed by atoms with Crippen LogP contribution in [-0.4, -0.2) is 46.9 Å². The van der Waals surface area contributed by atoms with Crippen molar-refractivity contribution in [1.29, 1.82) is 0 Å². The fourth-order valence-corrected chi connectivity index (χ4v) is 6.57. The average molecular weight is 694 g/mol. The lowest BCUT2D eigenvalue weighted by Crippen LogP contribution is -2.57. The van der Waals surface area contributed by atoms with Crippen LogP contribution < -0.4 is 16.0 Å². The van der Waals surface area contributed by atoms with Gasteiger partial charge in [0.15, 0.2) is 0 Å². The summed E-state index contributed by atoms with van der Waals surface area (Å²) in [5, 5.41) is 20.1. The number of aliphatic carboxylic acids is 1. The Hall–Kier alpha value is -3.42. The highest BCUT2D eigenvalue weighted by Crippen LogP contribution is 2.21. The first kappa shape index (κ1) is 42.7. The van der Waals surface area contributed by atoms with Crippen LogP contribution >= 0.6 is 0 Å². The van der Waals surface area contributed by atoms with E-state index in [-0.39, 0.29) is 24.2 Å². The molecule has 0 saturated heterocycles. The van der Waals surface area contributed by atoms with E-state index in [1.807, 2.05) is 56.3 Å². The molecule has 2 aromatic carbocycles. The third kappa shape index (κ3) is 17.0. The highest BCUT2D eigenvalue weighted by molar-refractivity contribution is 5.94. The van der Waals surface area contributed by atoms with Crippen LogP contribution in [0.25, 0.3) is 10.8 Å². The highest BCUT2D eigenvalue weighted by atomic mass is 16.4. The number of carbonyl (C=O) groups excluding carboxylic acids is 3. The van der Waals surface area contributed by atoms with Gasteiger partial charge in [-0.25, -0.2) is 4.79 Å². The summed E-state index contributed by atoms with van der Waals surface area (Å²) < 4.78 is 0. The summed E-state index contributed by atoms with van der Waals surface area (Å²) in [5.41, 5.74) is 0.922. The summed E-state index contributed by atoms with van der Waals surface area (Å²) >= 11 is 0. The predicted molar refractivity (Wildman–Crippen MR) is 205 cm³/mol. The van der Waals surface area contributed by atoms with Gasteiger partial charge >= 0.3 is 5.97 Å². The van der Waals surface area contributed by atoms with E-state index in [4.69, 9.17) is 0 Å². The number of fused-ring (bicyclic) bond motifs is 1. The van der Waals surface area contributed by atoms with Crippen LogP contribution in [0.5, 0.6) is 0 Å². The Morgan fingerprint density at radius 1 is 0.620 bits per heavy atom. The van der Waals surface area contributed by atoms with Gasteiger partial charge in [0.1, 0.15) is 18.1 Å². The number of hydrogen-bond donors (Lipinski definition) is 4. The van der Waals surface area contributed by atoms with Gasteiger partial charge in [-0.1, -0.05) is 167 Å². The van der Waals surface area contributed by atoms with Crippen molar-refractivity contribution >= 4 is 34.5 Å². The molecule has 50 heavy (non-hydrogen) atoms. The molecule has 0 radical (unpaired) electrons. The molecule has 0 aliphatic rings. The van der Waals surface area contributed by atoms with Gasteiger partial charge in [-0.3, -0.25) is 14.4 Å². The van der Waals surface area contributed by atoms with Crippen LogP contribution in [0.4, 0.5) is 0 Å². The van der Waals surface area contributed by atoms with Gasteiger partial charge in [-0.05, 0) is 41.0 Å². The smallest absolute Gasteiger partial charge is 0.326 e. The molecule has 0 aliphatic carbocycles. The largest absolute Gasteiger partial charge is 0.480 e. The maximum absolute atomic E-state index is 13.9. The molecule has 3 atom stereocenters. The lowest BCUT2D eigenvalue weighted by molar-refractivity contribution is -0.143. The van der Waals surface area contributed by atoms with E-state index in [2.05, 4.69) is 22.9 Å². The number of carboxylic acids is 1. The van der Waals surface area contributed by atoms with Crippen molar-refractivity contribution in [1.82, 2.24) is 16.0 Å². The monoisotopic (exact) mass is 694 g/mol. The van der Waals surface area contributed by atoms with Crippen molar-refractivity contribution in [2.24, 2.45) is 11.8 Å². The SMILES string of the molecule is CCCCCCCCCCCCCCCCCC(=O)NC(Cc1cccc2ccccc12)C(=O)NC(CC(C)C)C(=O)NC(C(=O)O)C(C)C. The summed E-state index contributed by atoms with van der Waals surface area (Å²) in [6.45, 7) is 9.59. The molecule has 0 fully saturated rings. The quantitative estimate of drug-likeness (QED) is 0.0696. The first-order chi connectivity index (χ1) is 24.0. The van der Waals surface area contributed by atoms with Crippen molar-refractivity contribution in [2.75, 3.05) is 0 Å². The van der Waals surface area contributed by atoms with E-state index < -0.39 is 35.9 Å². The molecule has 3 amide bonds. The molecule has 3 unspecified atom stereocenters. The van der Waals surface area contributed by atoms with E-state index in [0.29, 0.717) is 12.8 Å². The molecule has 0 bridgehead atoms. The van der Waals surface area contributed by atoms with Crippen molar-refractivity contribution < 1.29 is 24.3 Å². The van der Waals surface area contributed by atoms with Crippen LogP contribution in [-0.2, 0) is 25.6 Å². The van der Waals surface area contributed by atoms with Crippen molar-refractivity contribution in [2.45, 2.75) is 168 Å². The minimum absolute atomic E-state index is 0.0598. The number of amides is 3. The van der Waals surface area contributed by atoms with Crippen molar-refractivity contribution in [3.63, 3.8) is 0 Å². The number of unbranched alkanes of at least 4 members (excludes halogenated alkanes) is 14. The zero-order valence-electron chi connectivity index (χ0n) is 31.7. The first-order valence-corrected chi connectivity index (χ1v) is 19.6. The molecule has 0 spiro atoms. The summed E-state index contributed by atoms with van der Waals surface area (Å²) in [4.78, 5) is 52.1. The first-order valence-electron chi connectivity index (χ1n) is 19.6. The fourth-order valence-electron chi connectivity index (χ4n) is 6.57. The minimum atomic E-state index is -1.12.